The van der Waals surface area contributed by atoms with Gasteiger partial charge in [0.25, 0.3) is 11.5 Å². The molecule has 0 saturated carbocycles. The zero-order chi connectivity index (χ0) is 15.5. The summed E-state index contributed by atoms with van der Waals surface area (Å²) in [6.07, 6.45) is 1.33. The molecule has 0 fully saturated rings. The van der Waals surface area contributed by atoms with Crippen LogP contribution < -0.4 is 10.9 Å². The van der Waals surface area contributed by atoms with Crippen LogP contribution in [0.1, 0.15) is 37.6 Å². The molecule has 1 unspecified atom stereocenters. The zero-order valence-corrected chi connectivity index (χ0v) is 12.1. The van der Waals surface area contributed by atoms with Crippen molar-refractivity contribution in [2.45, 2.75) is 33.2 Å². The van der Waals surface area contributed by atoms with E-state index in [1.54, 1.807) is 7.05 Å². The van der Waals surface area contributed by atoms with Crippen LogP contribution in [0.4, 0.5) is 0 Å². The second kappa shape index (κ2) is 5.90. The number of carboxylic acid groups (broad SMARTS) is 1. The Morgan fingerprint density at radius 3 is 2.45 bits per heavy atom. The Bertz CT molecular complexity index is 569. The molecule has 1 rings (SSSR count). The topological polar surface area (TPSA) is 88.4 Å². The lowest BCUT2D eigenvalue weighted by Crippen LogP contribution is -2.45. The average Bonchev–Trinajstić information content (AvgIpc) is 2.30. The first-order valence-electron chi connectivity index (χ1n) is 6.30. The molecule has 1 amide bonds. The number of amides is 1. The Morgan fingerprint density at radius 1 is 1.40 bits per heavy atom. The van der Waals surface area contributed by atoms with Crippen LogP contribution in [0.5, 0.6) is 0 Å². The van der Waals surface area contributed by atoms with Crippen LogP contribution in [0.3, 0.4) is 0 Å². The first-order chi connectivity index (χ1) is 9.11. The molecule has 1 atom stereocenters. The third kappa shape index (κ3) is 4.22. The van der Waals surface area contributed by atoms with Gasteiger partial charge in [-0.15, -0.1) is 0 Å². The van der Waals surface area contributed by atoms with Crippen LogP contribution in [0.25, 0.3) is 0 Å². The third-order valence-corrected chi connectivity index (χ3v) is 3.10. The molecule has 0 aromatic carbocycles. The molecule has 0 aliphatic carbocycles. The number of aryl methyl sites for hydroxylation is 1. The van der Waals surface area contributed by atoms with E-state index in [0.717, 1.165) is 0 Å². The number of carbonyl (C=O) groups excluding carboxylic acids is 1. The van der Waals surface area contributed by atoms with Crippen molar-refractivity contribution >= 4 is 11.9 Å². The summed E-state index contributed by atoms with van der Waals surface area (Å²) >= 11 is 0. The number of carboxylic acids is 1. The van der Waals surface area contributed by atoms with Crippen LogP contribution in [0.2, 0.25) is 0 Å². The lowest BCUT2D eigenvalue weighted by atomic mass is 9.84. The van der Waals surface area contributed by atoms with E-state index in [4.69, 9.17) is 5.11 Å². The standard InChI is InChI=1S/C14H20N2O4/c1-14(2,3)10(8-12(18)19)15-13(20)9-5-6-16(4)11(17)7-9/h5-7,10H,8H2,1-4H3,(H,15,20)(H,18,19). The van der Waals surface area contributed by atoms with E-state index < -0.39 is 23.3 Å². The van der Waals surface area contributed by atoms with E-state index in [-0.39, 0.29) is 17.5 Å². The molecule has 0 spiro atoms. The number of aliphatic carboxylic acids is 1. The lowest BCUT2D eigenvalue weighted by Gasteiger charge is -2.30. The van der Waals surface area contributed by atoms with Crippen molar-refractivity contribution in [3.05, 3.63) is 34.2 Å². The smallest absolute Gasteiger partial charge is 0.305 e. The molecule has 6 nitrogen and oxygen atoms in total. The highest BCUT2D eigenvalue weighted by Gasteiger charge is 2.28. The second-order valence-electron chi connectivity index (χ2n) is 5.85. The Morgan fingerprint density at radius 2 is 2.00 bits per heavy atom. The minimum Gasteiger partial charge on any atom is -0.481 e. The molecule has 0 radical (unpaired) electrons. The fourth-order valence-corrected chi connectivity index (χ4v) is 1.68. The highest BCUT2D eigenvalue weighted by Crippen LogP contribution is 2.22. The van der Waals surface area contributed by atoms with Gasteiger partial charge in [0.05, 0.1) is 6.42 Å². The average molecular weight is 280 g/mol. The van der Waals surface area contributed by atoms with Gasteiger partial charge in [-0.1, -0.05) is 20.8 Å². The van der Waals surface area contributed by atoms with Crippen molar-refractivity contribution < 1.29 is 14.7 Å². The first-order valence-corrected chi connectivity index (χ1v) is 6.30. The molecule has 0 bridgehead atoms. The molecule has 0 aliphatic rings. The summed E-state index contributed by atoms with van der Waals surface area (Å²) in [4.78, 5) is 34.5. The number of hydrogen-bond donors (Lipinski definition) is 2. The summed E-state index contributed by atoms with van der Waals surface area (Å²) in [5, 5.41) is 11.6. The summed E-state index contributed by atoms with van der Waals surface area (Å²) in [5.41, 5.74) is -0.454. The predicted molar refractivity (Wildman–Crippen MR) is 74.6 cm³/mol. The zero-order valence-electron chi connectivity index (χ0n) is 12.1. The Balaban J connectivity index is 2.93. The van der Waals surface area contributed by atoms with E-state index in [1.807, 2.05) is 20.8 Å². The molecular weight excluding hydrogens is 260 g/mol. The molecule has 0 aliphatic heterocycles. The van der Waals surface area contributed by atoms with Crippen molar-refractivity contribution in [1.29, 1.82) is 0 Å². The van der Waals surface area contributed by atoms with Gasteiger partial charge in [0, 0.05) is 30.9 Å². The highest BCUT2D eigenvalue weighted by atomic mass is 16.4. The number of carbonyl (C=O) groups is 2. The highest BCUT2D eigenvalue weighted by molar-refractivity contribution is 5.94. The number of rotatable bonds is 4. The van der Waals surface area contributed by atoms with E-state index >= 15 is 0 Å². The molecule has 1 heterocycles. The normalized spacial score (nSPS) is 12.8. The van der Waals surface area contributed by atoms with E-state index in [0.29, 0.717) is 0 Å². The monoisotopic (exact) mass is 280 g/mol. The van der Waals surface area contributed by atoms with Crippen LogP contribution in [-0.2, 0) is 11.8 Å². The lowest BCUT2D eigenvalue weighted by molar-refractivity contribution is -0.138. The van der Waals surface area contributed by atoms with E-state index in [9.17, 15) is 14.4 Å². The maximum absolute atomic E-state index is 12.1. The molecule has 6 heteroatoms. The quantitative estimate of drug-likeness (QED) is 0.861. The molecule has 1 aromatic heterocycles. The second-order valence-corrected chi connectivity index (χ2v) is 5.85. The minimum atomic E-state index is -0.978. The maximum atomic E-state index is 12.1. The summed E-state index contributed by atoms with van der Waals surface area (Å²) in [7, 11) is 1.59. The third-order valence-electron chi connectivity index (χ3n) is 3.10. The van der Waals surface area contributed by atoms with Crippen molar-refractivity contribution in [3.63, 3.8) is 0 Å². The number of pyridine rings is 1. The summed E-state index contributed by atoms with van der Waals surface area (Å²) in [6, 6.07) is 2.24. The van der Waals surface area contributed by atoms with Gasteiger partial charge in [0.15, 0.2) is 0 Å². The number of nitrogens with one attached hydrogen (secondary N) is 1. The van der Waals surface area contributed by atoms with E-state index in [1.165, 1.54) is 22.9 Å². The van der Waals surface area contributed by atoms with Gasteiger partial charge < -0.3 is 15.0 Å². The van der Waals surface area contributed by atoms with Crippen molar-refractivity contribution in [1.82, 2.24) is 9.88 Å². The molecule has 20 heavy (non-hydrogen) atoms. The van der Waals surface area contributed by atoms with Crippen LogP contribution in [-0.4, -0.2) is 27.6 Å². The SMILES string of the molecule is Cn1ccc(C(=O)NC(CC(=O)O)C(C)(C)C)cc1=O. The van der Waals surface area contributed by atoms with Gasteiger partial charge in [-0.2, -0.15) is 0 Å². The number of hydrogen-bond acceptors (Lipinski definition) is 3. The van der Waals surface area contributed by atoms with Crippen molar-refractivity contribution in [2.75, 3.05) is 0 Å². The summed E-state index contributed by atoms with van der Waals surface area (Å²) in [6.45, 7) is 5.56. The van der Waals surface area contributed by atoms with E-state index in [2.05, 4.69) is 5.32 Å². The summed E-state index contributed by atoms with van der Waals surface area (Å²) < 4.78 is 1.36. The number of aromatic nitrogens is 1. The minimum absolute atomic E-state index is 0.167. The Kier molecular flexibility index (Phi) is 4.70. The van der Waals surface area contributed by atoms with Crippen LogP contribution in [0, 0.1) is 5.41 Å². The molecule has 110 valence electrons. The van der Waals surface area contributed by atoms with Gasteiger partial charge in [-0.05, 0) is 11.5 Å². The maximum Gasteiger partial charge on any atom is 0.305 e. The largest absolute Gasteiger partial charge is 0.481 e. The Labute approximate surface area is 117 Å². The number of nitrogens with zero attached hydrogens (tertiary/aromatic N) is 1. The van der Waals surface area contributed by atoms with Crippen molar-refractivity contribution in [3.8, 4) is 0 Å². The summed E-state index contributed by atoms with van der Waals surface area (Å²) in [5.74, 6) is -1.42. The molecule has 0 saturated heterocycles. The molecule has 2 N–H and O–H groups in total. The predicted octanol–water partition coefficient (Wildman–Crippen LogP) is 1.00. The van der Waals surface area contributed by atoms with Gasteiger partial charge in [0.2, 0.25) is 0 Å². The van der Waals surface area contributed by atoms with Crippen LogP contribution >= 0.6 is 0 Å². The van der Waals surface area contributed by atoms with Gasteiger partial charge in [-0.25, -0.2) is 0 Å². The fourth-order valence-electron chi connectivity index (χ4n) is 1.68. The van der Waals surface area contributed by atoms with Gasteiger partial charge in [-0.3, -0.25) is 14.4 Å². The molecular formula is C14H20N2O4. The Hall–Kier alpha value is -2.11. The fraction of sp³-hybridized carbons (Fsp3) is 0.500. The van der Waals surface area contributed by atoms with Crippen molar-refractivity contribution in [2.24, 2.45) is 12.5 Å². The molecule has 1 aromatic rings. The first kappa shape index (κ1) is 15.9. The van der Waals surface area contributed by atoms with Crippen LogP contribution in [0.15, 0.2) is 23.1 Å². The van der Waals surface area contributed by atoms with Gasteiger partial charge >= 0.3 is 5.97 Å². The van der Waals surface area contributed by atoms with Gasteiger partial charge in [0.1, 0.15) is 0 Å².